The molecular formula is C13H15ClN4OS2. The Morgan fingerprint density at radius 2 is 2.38 bits per heavy atom. The Kier molecular flexibility index (Phi) is 4.58. The molecule has 8 heteroatoms. The van der Waals surface area contributed by atoms with Crippen molar-refractivity contribution in [3.05, 3.63) is 39.3 Å². The number of ether oxygens (including phenoxy) is 1. The van der Waals surface area contributed by atoms with Gasteiger partial charge in [-0.3, -0.25) is 10.5 Å². The average Bonchev–Trinajstić information content (AvgIpc) is 3.14. The summed E-state index contributed by atoms with van der Waals surface area (Å²) in [5.41, 5.74) is 3.72. The zero-order valence-electron chi connectivity index (χ0n) is 11.4. The number of rotatable bonds is 6. The summed E-state index contributed by atoms with van der Waals surface area (Å²) in [6, 6.07) is 4.09. The molecular weight excluding hydrogens is 328 g/mol. The standard InChI is InChI=1S/C13H15ClN4OS2/c1-19-4-3-18-13(8(14)7-16-18)12(17-15)11-6-10-9(21-11)2-5-20-10/h2,5-7,12,17H,3-4,15H2,1H3. The fourth-order valence-electron chi connectivity index (χ4n) is 2.24. The van der Waals surface area contributed by atoms with Gasteiger partial charge >= 0.3 is 0 Å². The van der Waals surface area contributed by atoms with E-state index in [1.54, 1.807) is 36.0 Å². The van der Waals surface area contributed by atoms with E-state index in [9.17, 15) is 0 Å². The van der Waals surface area contributed by atoms with Gasteiger partial charge < -0.3 is 4.74 Å². The largest absolute Gasteiger partial charge is 0.383 e. The van der Waals surface area contributed by atoms with Gasteiger partial charge in [-0.1, -0.05) is 11.6 Å². The first-order chi connectivity index (χ1) is 10.2. The van der Waals surface area contributed by atoms with Crippen LogP contribution in [0, 0.1) is 0 Å². The Hall–Kier alpha value is -0.960. The van der Waals surface area contributed by atoms with E-state index in [1.807, 2.05) is 4.68 Å². The van der Waals surface area contributed by atoms with E-state index in [0.717, 1.165) is 10.6 Å². The molecule has 112 valence electrons. The molecule has 5 nitrogen and oxygen atoms in total. The predicted molar refractivity (Wildman–Crippen MR) is 88.0 cm³/mol. The average molecular weight is 343 g/mol. The molecule has 3 heterocycles. The monoisotopic (exact) mass is 342 g/mol. The van der Waals surface area contributed by atoms with E-state index in [4.69, 9.17) is 22.2 Å². The minimum Gasteiger partial charge on any atom is -0.383 e. The molecule has 0 aliphatic rings. The molecule has 0 saturated heterocycles. The molecule has 3 aromatic heterocycles. The van der Waals surface area contributed by atoms with Crippen molar-refractivity contribution < 1.29 is 4.74 Å². The van der Waals surface area contributed by atoms with Crippen molar-refractivity contribution in [1.29, 1.82) is 0 Å². The van der Waals surface area contributed by atoms with E-state index in [1.165, 1.54) is 9.40 Å². The molecule has 3 N–H and O–H groups in total. The summed E-state index contributed by atoms with van der Waals surface area (Å²) in [7, 11) is 1.66. The topological polar surface area (TPSA) is 65.1 Å². The molecule has 21 heavy (non-hydrogen) atoms. The number of nitrogens with two attached hydrogens (primary N) is 1. The van der Waals surface area contributed by atoms with Crippen molar-refractivity contribution in [3.8, 4) is 0 Å². The van der Waals surface area contributed by atoms with Gasteiger partial charge in [-0.05, 0) is 17.5 Å². The predicted octanol–water partition coefficient (Wildman–Crippen LogP) is 3.01. The Morgan fingerprint density at radius 1 is 1.52 bits per heavy atom. The third-order valence-corrected chi connectivity index (χ3v) is 5.67. The van der Waals surface area contributed by atoms with Crippen LogP contribution >= 0.6 is 34.3 Å². The number of hydrogen-bond donors (Lipinski definition) is 2. The summed E-state index contributed by atoms with van der Waals surface area (Å²) < 4.78 is 9.47. The van der Waals surface area contributed by atoms with Crippen molar-refractivity contribution in [2.24, 2.45) is 5.84 Å². The lowest BCUT2D eigenvalue weighted by atomic mass is 10.2. The second-order valence-corrected chi connectivity index (χ2v) is 6.96. The molecule has 0 aliphatic heterocycles. The van der Waals surface area contributed by atoms with Crippen LogP contribution in [-0.4, -0.2) is 23.5 Å². The third-order valence-electron chi connectivity index (χ3n) is 3.22. The highest BCUT2D eigenvalue weighted by Crippen LogP contribution is 2.37. The highest BCUT2D eigenvalue weighted by molar-refractivity contribution is 7.27. The number of nitrogens with zero attached hydrogens (tertiary/aromatic N) is 2. The zero-order chi connectivity index (χ0) is 14.8. The van der Waals surface area contributed by atoms with Gasteiger partial charge in [0.15, 0.2) is 0 Å². The smallest absolute Gasteiger partial charge is 0.0985 e. The Balaban J connectivity index is 1.99. The van der Waals surface area contributed by atoms with Gasteiger partial charge in [0.05, 0.1) is 36.1 Å². The maximum absolute atomic E-state index is 6.31. The maximum Gasteiger partial charge on any atom is 0.0985 e. The van der Waals surface area contributed by atoms with Crippen LogP contribution in [0.1, 0.15) is 16.6 Å². The fraction of sp³-hybridized carbons (Fsp3) is 0.308. The van der Waals surface area contributed by atoms with Crippen LogP contribution in [0.2, 0.25) is 5.02 Å². The van der Waals surface area contributed by atoms with Crippen LogP contribution in [0.3, 0.4) is 0 Å². The van der Waals surface area contributed by atoms with Crippen molar-refractivity contribution in [2.45, 2.75) is 12.6 Å². The quantitative estimate of drug-likeness (QED) is 0.534. The van der Waals surface area contributed by atoms with Gasteiger partial charge in [-0.25, -0.2) is 5.43 Å². The van der Waals surface area contributed by atoms with Crippen LogP contribution in [0.25, 0.3) is 9.40 Å². The van der Waals surface area contributed by atoms with Gasteiger partial charge in [-0.15, -0.1) is 22.7 Å². The molecule has 0 spiro atoms. The molecule has 0 radical (unpaired) electrons. The minimum absolute atomic E-state index is 0.179. The van der Waals surface area contributed by atoms with Gasteiger partial charge in [0.2, 0.25) is 0 Å². The molecule has 0 amide bonds. The second-order valence-electron chi connectivity index (χ2n) is 4.49. The van der Waals surface area contributed by atoms with E-state index >= 15 is 0 Å². The number of nitrogens with one attached hydrogen (secondary N) is 1. The maximum atomic E-state index is 6.31. The van der Waals surface area contributed by atoms with E-state index in [-0.39, 0.29) is 6.04 Å². The third kappa shape index (κ3) is 2.85. The van der Waals surface area contributed by atoms with Crippen molar-refractivity contribution in [3.63, 3.8) is 0 Å². The number of hydrazine groups is 1. The lowest BCUT2D eigenvalue weighted by molar-refractivity contribution is 0.182. The van der Waals surface area contributed by atoms with Gasteiger partial charge in [0.1, 0.15) is 0 Å². The van der Waals surface area contributed by atoms with E-state index < -0.39 is 0 Å². The molecule has 3 rings (SSSR count). The molecule has 0 bridgehead atoms. The van der Waals surface area contributed by atoms with Crippen LogP contribution in [0.5, 0.6) is 0 Å². The molecule has 0 aliphatic carbocycles. The first-order valence-corrected chi connectivity index (χ1v) is 8.45. The Labute approximate surface area is 135 Å². The van der Waals surface area contributed by atoms with Crippen LogP contribution in [-0.2, 0) is 11.3 Å². The number of thiophene rings is 2. The number of aromatic nitrogens is 2. The normalized spacial score (nSPS) is 13.1. The van der Waals surface area contributed by atoms with Crippen LogP contribution in [0.15, 0.2) is 23.7 Å². The fourth-order valence-corrected chi connectivity index (χ4v) is 4.67. The first kappa shape index (κ1) is 15.0. The van der Waals surface area contributed by atoms with Gasteiger partial charge in [0, 0.05) is 21.4 Å². The molecule has 1 unspecified atom stereocenters. The lowest BCUT2D eigenvalue weighted by Crippen LogP contribution is -2.30. The van der Waals surface area contributed by atoms with Gasteiger partial charge in [0.25, 0.3) is 0 Å². The summed E-state index contributed by atoms with van der Waals surface area (Å²) in [4.78, 5) is 1.13. The minimum atomic E-state index is -0.179. The zero-order valence-corrected chi connectivity index (χ0v) is 13.8. The Bertz CT molecular complexity index is 707. The van der Waals surface area contributed by atoms with Crippen molar-refractivity contribution >= 4 is 43.7 Å². The van der Waals surface area contributed by atoms with Crippen LogP contribution < -0.4 is 11.3 Å². The summed E-state index contributed by atoms with van der Waals surface area (Å²) in [6.45, 7) is 1.21. The highest BCUT2D eigenvalue weighted by atomic mass is 35.5. The lowest BCUT2D eigenvalue weighted by Gasteiger charge is -2.17. The number of halogens is 1. The Morgan fingerprint density at radius 3 is 3.10 bits per heavy atom. The van der Waals surface area contributed by atoms with Gasteiger partial charge in [-0.2, -0.15) is 5.10 Å². The summed E-state index contributed by atoms with van der Waals surface area (Å²) in [5.74, 6) is 5.78. The molecule has 0 fully saturated rings. The summed E-state index contributed by atoms with van der Waals surface area (Å²) in [6.07, 6.45) is 1.65. The second kappa shape index (κ2) is 6.43. The first-order valence-electron chi connectivity index (χ1n) is 6.37. The van der Waals surface area contributed by atoms with E-state index in [2.05, 4.69) is 28.0 Å². The van der Waals surface area contributed by atoms with Crippen LogP contribution in [0.4, 0.5) is 0 Å². The number of fused-ring (bicyclic) bond motifs is 1. The molecule has 0 aromatic carbocycles. The SMILES string of the molecule is COCCn1ncc(Cl)c1C(NN)c1cc2sccc2s1. The summed E-state index contributed by atoms with van der Waals surface area (Å²) in [5, 5.41) is 7.00. The summed E-state index contributed by atoms with van der Waals surface area (Å²) >= 11 is 9.74. The molecule has 3 aromatic rings. The molecule has 0 saturated carbocycles. The number of hydrogen-bond acceptors (Lipinski definition) is 6. The van der Waals surface area contributed by atoms with Crippen molar-refractivity contribution in [1.82, 2.24) is 15.2 Å². The molecule has 1 atom stereocenters. The number of methoxy groups -OCH3 is 1. The van der Waals surface area contributed by atoms with E-state index in [0.29, 0.717) is 18.2 Å². The highest BCUT2D eigenvalue weighted by Gasteiger charge is 2.23. The van der Waals surface area contributed by atoms with Crippen molar-refractivity contribution in [2.75, 3.05) is 13.7 Å².